The lowest BCUT2D eigenvalue weighted by Gasteiger charge is -2.19. The molecule has 21 heavy (non-hydrogen) atoms. The number of aryl methyl sites for hydroxylation is 1. The number of carbonyl (C=O) groups excluding carboxylic acids is 1. The number of pyridine rings is 1. The first kappa shape index (κ1) is 15.9. The number of carbonyl (C=O) groups is 1. The molecule has 0 unspecified atom stereocenters. The van der Waals surface area contributed by atoms with Crippen LogP contribution in [0.1, 0.15) is 26.5 Å². The van der Waals surface area contributed by atoms with Gasteiger partial charge < -0.3 is 9.47 Å². The van der Waals surface area contributed by atoms with Crippen molar-refractivity contribution in [3.8, 4) is 5.75 Å². The van der Waals surface area contributed by atoms with E-state index < -0.39 is 11.8 Å². The lowest BCUT2D eigenvalue weighted by Crippen LogP contribution is -2.26. The third-order valence-electron chi connectivity index (χ3n) is 2.55. The summed E-state index contributed by atoms with van der Waals surface area (Å²) in [4.78, 5) is 16.2. The van der Waals surface area contributed by atoms with Crippen LogP contribution >= 0.6 is 23.2 Å². The van der Waals surface area contributed by atoms with Crippen LogP contribution in [0, 0.1) is 6.92 Å². The van der Waals surface area contributed by atoms with Crippen molar-refractivity contribution in [3.63, 3.8) is 0 Å². The highest BCUT2D eigenvalue weighted by molar-refractivity contribution is 6.39. The van der Waals surface area contributed by atoms with Gasteiger partial charge in [-0.05, 0) is 45.9 Å². The van der Waals surface area contributed by atoms with E-state index in [1.165, 1.54) is 6.07 Å². The van der Waals surface area contributed by atoms with Crippen LogP contribution in [0.3, 0.4) is 0 Å². The summed E-state index contributed by atoms with van der Waals surface area (Å²) >= 11 is 12.3. The number of nitrogens with zero attached hydrogens (tertiary/aromatic N) is 1. The van der Waals surface area contributed by atoms with Crippen molar-refractivity contribution < 1.29 is 14.3 Å². The molecule has 0 aliphatic rings. The molecule has 0 amide bonds. The second kappa shape index (κ2) is 5.70. The highest BCUT2D eigenvalue weighted by Crippen LogP contribution is 2.37. The fraction of sp³-hybridized carbons (Fsp3) is 0.333. The molecule has 0 saturated carbocycles. The Labute approximate surface area is 133 Å². The second-order valence-corrected chi connectivity index (χ2v) is 6.40. The molecule has 6 heteroatoms. The SMILES string of the molecule is Cc1ccc2c(Cl)cc(Cl)c(OC(=O)OC(C)(C)C)c2n1. The van der Waals surface area contributed by atoms with Gasteiger partial charge >= 0.3 is 6.16 Å². The summed E-state index contributed by atoms with van der Waals surface area (Å²) in [5, 5.41) is 1.31. The Kier molecular flexibility index (Phi) is 4.30. The van der Waals surface area contributed by atoms with Crippen LogP contribution in [0.2, 0.25) is 10.0 Å². The van der Waals surface area contributed by atoms with Gasteiger partial charge in [0, 0.05) is 11.1 Å². The molecule has 0 atom stereocenters. The van der Waals surface area contributed by atoms with E-state index in [4.69, 9.17) is 32.7 Å². The topological polar surface area (TPSA) is 48.4 Å². The zero-order valence-corrected chi connectivity index (χ0v) is 13.7. The number of rotatable bonds is 1. The van der Waals surface area contributed by atoms with Crippen molar-refractivity contribution >= 4 is 40.3 Å². The molecule has 112 valence electrons. The third kappa shape index (κ3) is 3.77. The van der Waals surface area contributed by atoms with Gasteiger partial charge in [-0.25, -0.2) is 9.78 Å². The number of halogens is 2. The highest BCUT2D eigenvalue weighted by Gasteiger charge is 2.21. The second-order valence-electron chi connectivity index (χ2n) is 5.58. The van der Waals surface area contributed by atoms with Gasteiger partial charge in [-0.2, -0.15) is 0 Å². The van der Waals surface area contributed by atoms with E-state index in [9.17, 15) is 4.79 Å². The van der Waals surface area contributed by atoms with E-state index in [0.717, 1.165) is 5.69 Å². The van der Waals surface area contributed by atoms with Crippen molar-refractivity contribution in [2.24, 2.45) is 0 Å². The largest absolute Gasteiger partial charge is 0.514 e. The number of aromatic nitrogens is 1. The van der Waals surface area contributed by atoms with Crippen LogP contribution in [0.4, 0.5) is 4.79 Å². The van der Waals surface area contributed by atoms with Gasteiger partial charge in [0.05, 0.1) is 10.0 Å². The Balaban J connectivity index is 2.48. The number of hydrogen-bond donors (Lipinski definition) is 0. The van der Waals surface area contributed by atoms with E-state index in [2.05, 4.69) is 4.98 Å². The number of hydrogen-bond acceptors (Lipinski definition) is 4. The Morgan fingerprint density at radius 3 is 2.48 bits per heavy atom. The Bertz CT molecular complexity index is 708. The predicted molar refractivity (Wildman–Crippen MR) is 83.4 cm³/mol. The Morgan fingerprint density at radius 2 is 1.86 bits per heavy atom. The molecule has 0 bridgehead atoms. The van der Waals surface area contributed by atoms with Crippen molar-refractivity contribution in [1.29, 1.82) is 0 Å². The lowest BCUT2D eigenvalue weighted by atomic mass is 10.2. The molecule has 0 N–H and O–H groups in total. The minimum atomic E-state index is -0.837. The number of ether oxygens (including phenoxy) is 2. The fourth-order valence-electron chi connectivity index (χ4n) is 1.74. The molecule has 1 heterocycles. The number of fused-ring (bicyclic) bond motifs is 1. The van der Waals surface area contributed by atoms with Crippen LogP contribution in [-0.2, 0) is 4.74 Å². The van der Waals surface area contributed by atoms with Gasteiger partial charge in [0.15, 0.2) is 5.75 Å². The monoisotopic (exact) mass is 327 g/mol. The van der Waals surface area contributed by atoms with Crippen LogP contribution < -0.4 is 4.74 Å². The summed E-state index contributed by atoms with van der Waals surface area (Å²) in [6, 6.07) is 5.14. The molecule has 0 aliphatic carbocycles. The summed E-state index contributed by atoms with van der Waals surface area (Å²) in [5.41, 5.74) is 0.531. The first-order valence-electron chi connectivity index (χ1n) is 6.33. The summed E-state index contributed by atoms with van der Waals surface area (Å²) in [6.07, 6.45) is -0.837. The van der Waals surface area contributed by atoms with Gasteiger partial charge in [-0.3, -0.25) is 0 Å². The van der Waals surface area contributed by atoms with E-state index in [1.54, 1.807) is 26.8 Å². The first-order valence-corrected chi connectivity index (χ1v) is 7.09. The minimum absolute atomic E-state index is 0.147. The van der Waals surface area contributed by atoms with Crippen LogP contribution in [-0.4, -0.2) is 16.7 Å². The third-order valence-corrected chi connectivity index (χ3v) is 3.15. The van der Waals surface area contributed by atoms with Crippen LogP contribution in [0.15, 0.2) is 18.2 Å². The summed E-state index contributed by atoms with van der Waals surface area (Å²) < 4.78 is 10.4. The van der Waals surface area contributed by atoms with E-state index in [0.29, 0.717) is 15.9 Å². The zero-order chi connectivity index (χ0) is 15.8. The molecule has 4 nitrogen and oxygen atoms in total. The molecule has 0 saturated heterocycles. The van der Waals surface area contributed by atoms with Crippen molar-refractivity contribution in [3.05, 3.63) is 33.9 Å². The maximum Gasteiger partial charge on any atom is 0.514 e. The maximum atomic E-state index is 11.8. The highest BCUT2D eigenvalue weighted by atomic mass is 35.5. The van der Waals surface area contributed by atoms with Crippen molar-refractivity contribution in [2.45, 2.75) is 33.3 Å². The molecular formula is C15H15Cl2NO3. The van der Waals surface area contributed by atoms with E-state index >= 15 is 0 Å². The molecule has 1 aromatic carbocycles. The summed E-state index contributed by atoms with van der Waals surface area (Å²) in [7, 11) is 0. The van der Waals surface area contributed by atoms with E-state index in [-0.39, 0.29) is 10.8 Å². The Morgan fingerprint density at radius 1 is 1.19 bits per heavy atom. The maximum absolute atomic E-state index is 11.8. The first-order chi connectivity index (χ1) is 9.67. The molecule has 0 spiro atoms. The molecular weight excluding hydrogens is 313 g/mol. The predicted octanol–water partition coefficient (Wildman–Crippen LogP) is 5.16. The van der Waals surface area contributed by atoms with Crippen molar-refractivity contribution in [1.82, 2.24) is 4.98 Å². The molecule has 1 aromatic heterocycles. The van der Waals surface area contributed by atoms with Gasteiger partial charge in [0.1, 0.15) is 11.1 Å². The molecule has 2 rings (SSSR count). The van der Waals surface area contributed by atoms with Gasteiger partial charge in [-0.15, -0.1) is 0 Å². The van der Waals surface area contributed by atoms with Gasteiger partial charge in [0.2, 0.25) is 0 Å². The quantitative estimate of drug-likeness (QED) is 0.536. The van der Waals surface area contributed by atoms with E-state index in [1.807, 2.05) is 13.0 Å². The smallest absolute Gasteiger partial charge is 0.428 e. The average molecular weight is 328 g/mol. The van der Waals surface area contributed by atoms with Crippen LogP contribution in [0.5, 0.6) is 5.75 Å². The lowest BCUT2D eigenvalue weighted by molar-refractivity contribution is 0.0209. The minimum Gasteiger partial charge on any atom is -0.428 e. The normalized spacial score (nSPS) is 11.5. The standard InChI is InChI=1S/C15H15Cl2NO3/c1-8-5-6-9-10(16)7-11(17)13(12(9)18-8)20-14(19)21-15(2,3)4/h5-7H,1-4H3. The van der Waals surface area contributed by atoms with Crippen molar-refractivity contribution in [2.75, 3.05) is 0 Å². The van der Waals surface area contributed by atoms with Gasteiger partial charge in [0.25, 0.3) is 0 Å². The number of benzene rings is 1. The van der Waals surface area contributed by atoms with Gasteiger partial charge in [-0.1, -0.05) is 23.2 Å². The average Bonchev–Trinajstić information content (AvgIpc) is 2.31. The molecule has 0 fully saturated rings. The molecule has 0 aliphatic heterocycles. The van der Waals surface area contributed by atoms with Crippen LogP contribution in [0.25, 0.3) is 10.9 Å². The summed E-state index contributed by atoms with van der Waals surface area (Å²) in [6.45, 7) is 7.07. The summed E-state index contributed by atoms with van der Waals surface area (Å²) in [5.74, 6) is 0.147. The molecule has 2 aromatic rings. The fourth-order valence-corrected chi connectivity index (χ4v) is 2.30. The Hall–Kier alpha value is -1.52. The molecule has 0 radical (unpaired) electrons. The zero-order valence-electron chi connectivity index (χ0n) is 12.2.